The van der Waals surface area contributed by atoms with E-state index in [4.69, 9.17) is 0 Å². The molecule has 1 saturated heterocycles. The predicted molar refractivity (Wildman–Crippen MR) is 81.0 cm³/mol. The molecule has 0 aliphatic carbocycles. The summed E-state index contributed by atoms with van der Waals surface area (Å²) in [6.45, 7) is 15.5. The van der Waals surface area contributed by atoms with Crippen LogP contribution in [0.5, 0.6) is 0 Å². The normalized spacial score (nSPS) is 21.2. The van der Waals surface area contributed by atoms with Crippen molar-refractivity contribution in [3.05, 3.63) is 0 Å². The molecule has 0 bridgehead atoms. The summed E-state index contributed by atoms with van der Waals surface area (Å²) in [4.78, 5) is 5.10. The van der Waals surface area contributed by atoms with Gasteiger partial charge < -0.3 is 9.80 Å². The Morgan fingerprint density at radius 1 is 1.06 bits per heavy atom. The van der Waals surface area contributed by atoms with Gasteiger partial charge in [0.2, 0.25) is 0 Å². The fourth-order valence-electron chi connectivity index (χ4n) is 2.91. The highest BCUT2D eigenvalue weighted by molar-refractivity contribution is 4.78. The average molecular weight is 254 g/mol. The van der Waals surface area contributed by atoms with Crippen LogP contribution in [0.2, 0.25) is 0 Å². The number of likely N-dealkylation sites (tertiary alicyclic amines) is 1. The molecule has 2 nitrogen and oxygen atoms in total. The second-order valence-corrected chi connectivity index (χ2v) is 6.81. The molecular weight excluding hydrogens is 220 g/mol. The summed E-state index contributed by atoms with van der Waals surface area (Å²) in [6.07, 6.45) is 4.18. The zero-order valence-corrected chi connectivity index (χ0v) is 13.4. The number of piperidine rings is 1. The van der Waals surface area contributed by atoms with Crippen molar-refractivity contribution in [1.29, 1.82) is 0 Å². The first kappa shape index (κ1) is 16.0. The van der Waals surface area contributed by atoms with Crippen LogP contribution in [0.1, 0.15) is 53.9 Å². The minimum absolute atomic E-state index is 0.681. The van der Waals surface area contributed by atoms with E-state index >= 15 is 0 Å². The van der Waals surface area contributed by atoms with Crippen molar-refractivity contribution in [1.82, 2.24) is 9.80 Å². The maximum absolute atomic E-state index is 2.63. The molecule has 1 fully saturated rings. The summed E-state index contributed by atoms with van der Waals surface area (Å²) < 4.78 is 0. The smallest absolute Gasteiger partial charge is 0.00385 e. The van der Waals surface area contributed by atoms with Gasteiger partial charge in [0.15, 0.2) is 0 Å². The third kappa shape index (κ3) is 4.89. The molecule has 0 aromatic carbocycles. The molecule has 108 valence electrons. The first-order valence-electron chi connectivity index (χ1n) is 7.86. The lowest BCUT2D eigenvalue weighted by atomic mass is 9.83. The van der Waals surface area contributed by atoms with Crippen LogP contribution < -0.4 is 0 Å². The number of nitrogens with zero attached hydrogens (tertiary/aromatic N) is 2. The first-order valence-corrected chi connectivity index (χ1v) is 7.86. The van der Waals surface area contributed by atoms with Crippen LogP contribution in [0.25, 0.3) is 0 Å². The van der Waals surface area contributed by atoms with E-state index in [9.17, 15) is 0 Å². The molecule has 1 aliphatic heterocycles. The summed E-state index contributed by atoms with van der Waals surface area (Å²) in [5.41, 5.74) is 0. The van der Waals surface area contributed by atoms with Crippen molar-refractivity contribution in [2.24, 2.45) is 11.8 Å². The summed E-state index contributed by atoms with van der Waals surface area (Å²) >= 11 is 0. The van der Waals surface area contributed by atoms with Gasteiger partial charge in [0.1, 0.15) is 0 Å². The van der Waals surface area contributed by atoms with E-state index in [1.807, 2.05) is 0 Å². The van der Waals surface area contributed by atoms with Crippen LogP contribution in [0.15, 0.2) is 0 Å². The van der Waals surface area contributed by atoms with Gasteiger partial charge >= 0.3 is 0 Å². The van der Waals surface area contributed by atoms with Crippen LogP contribution in [-0.2, 0) is 0 Å². The molecule has 0 radical (unpaired) electrons. The third-order valence-electron chi connectivity index (χ3n) is 4.93. The monoisotopic (exact) mass is 254 g/mol. The van der Waals surface area contributed by atoms with Gasteiger partial charge in [0.05, 0.1) is 0 Å². The maximum Gasteiger partial charge on any atom is 0.00385 e. The lowest BCUT2D eigenvalue weighted by Gasteiger charge is -2.37. The maximum atomic E-state index is 2.63. The Bertz CT molecular complexity index is 217. The largest absolute Gasteiger partial charge is 0.304 e. The van der Waals surface area contributed by atoms with Gasteiger partial charge in [-0.05, 0) is 85.5 Å². The highest BCUT2D eigenvalue weighted by atomic mass is 15.1. The highest BCUT2D eigenvalue weighted by Gasteiger charge is 2.24. The van der Waals surface area contributed by atoms with Gasteiger partial charge in [-0.2, -0.15) is 0 Å². The van der Waals surface area contributed by atoms with Crippen molar-refractivity contribution in [3.63, 3.8) is 0 Å². The van der Waals surface area contributed by atoms with Gasteiger partial charge in [0, 0.05) is 12.1 Å². The van der Waals surface area contributed by atoms with E-state index < -0.39 is 0 Å². The van der Waals surface area contributed by atoms with Gasteiger partial charge in [-0.3, -0.25) is 0 Å². The minimum Gasteiger partial charge on any atom is -0.304 e. The number of hydrogen-bond acceptors (Lipinski definition) is 2. The Balaban J connectivity index is 2.25. The lowest BCUT2D eigenvalue weighted by Crippen LogP contribution is -2.40. The van der Waals surface area contributed by atoms with Crippen LogP contribution in [0.3, 0.4) is 0 Å². The predicted octanol–water partition coefficient (Wildman–Crippen LogP) is 3.47. The molecule has 1 atom stereocenters. The molecule has 1 heterocycles. The number of hydrogen-bond donors (Lipinski definition) is 0. The van der Waals surface area contributed by atoms with E-state index in [-0.39, 0.29) is 0 Å². The lowest BCUT2D eigenvalue weighted by molar-refractivity contribution is 0.117. The second kappa shape index (κ2) is 7.49. The zero-order chi connectivity index (χ0) is 13.7. The van der Waals surface area contributed by atoms with Crippen molar-refractivity contribution in [2.75, 3.05) is 26.7 Å². The van der Waals surface area contributed by atoms with Crippen molar-refractivity contribution in [3.8, 4) is 0 Å². The fraction of sp³-hybridized carbons (Fsp3) is 1.00. The number of rotatable bonds is 6. The van der Waals surface area contributed by atoms with Crippen molar-refractivity contribution >= 4 is 0 Å². The topological polar surface area (TPSA) is 6.48 Å². The Hall–Kier alpha value is -0.0800. The molecule has 1 aliphatic rings. The Labute approximate surface area is 115 Å². The van der Waals surface area contributed by atoms with Gasteiger partial charge in [-0.25, -0.2) is 0 Å². The van der Waals surface area contributed by atoms with Crippen LogP contribution in [0.4, 0.5) is 0 Å². The van der Waals surface area contributed by atoms with Crippen LogP contribution >= 0.6 is 0 Å². The minimum atomic E-state index is 0.681. The summed E-state index contributed by atoms with van der Waals surface area (Å²) in [7, 11) is 2.25. The molecule has 2 heteroatoms. The molecule has 18 heavy (non-hydrogen) atoms. The summed E-state index contributed by atoms with van der Waals surface area (Å²) in [5.74, 6) is 1.85. The zero-order valence-electron chi connectivity index (χ0n) is 13.4. The van der Waals surface area contributed by atoms with E-state index in [1.165, 1.54) is 38.9 Å². The van der Waals surface area contributed by atoms with Crippen LogP contribution in [-0.4, -0.2) is 48.6 Å². The Morgan fingerprint density at radius 3 is 2.06 bits per heavy atom. The molecule has 0 spiro atoms. The average Bonchev–Trinajstić information content (AvgIpc) is 2.35. The second-order valence-electron chi connectivity index (χ2n) is 6.81. The third-order valence-corrected chi connectivity index (χ3v) is 4.93. The standard InChI is InChI=1S/C16H34N2/c1-13(2)17(6)10-7-15(5)16-8-11-18(12-9-16)14(3)4/h13-16H,7-12H2,1-6H3. The van der Waals surface area contributed by atoms with Crippen molar-refractivity contribution in [2.45, 2.75) is 66.0 Å². The van der Waals surface area contributed by atoms with Crippen molar-refractivity contribution < 1.29 is 0 Å². The SMILES string of the molecule is CC(CCN(C)C(C)C)C1CCN(C(C)C)CC1. The van der Waals surface area contributed by atoms with E-state index in [0.717, 1.165) is 17.9 Å². The Kier molecular flexibility index (Phi) is 6.65. The molecule has 1 unspecified atom stereocenters. The first-order chi connectivity index (χ1) is 8.41. The Morgan fingerprint density at radius 2 is 1.61 bits per heavy atom. The van der Waals surface area contributed by atoms with Gasteiger partial charge in [-0.15, -0.1) is 0 Å². The highest BCUT2D eigenvalue weighted by Crippen LogP contribution is 2.28. The molecule has 0 saturated carbocycles. The van der Waals surface area contributed by atoms with Gasteiger partial charge in [-0.1, -0.05) is 6.92 Å². The molecule has 0 amide bonds. The quantitative estimate of drug-likeness (QED) is 0.716. The molecular formula is C16H34N2. The van der Waals surface area contributed by atoms with E-state index in [0.29, 0.717) is 6.04 Å². The summed E-state index contributed by atoms with van der Waals surface area (Å²) in [5, 5.41) is 0. The summed E-state index contributed by atoms with van der Waals surface area (Å²) in [6, 6.07) is 1.41. The fourth-order valence-corrected chi connectivity index (χ4v) is 2.91. The molecule has 0 N–H and O–H groups in total. The van der Waals surface area contributed by atoms with E-state index in [1.54, 1.807) is 0 Å². The van der Waals surface area contributed by atoms with Crippen LogP contribution in [0, 0.1) is 11.8 Å². The molecule has 0 aromatic heterocycles. The molecule has 1 rings (SSSR count). The van der Waals surface area contributed by atoms with E-state index in [2.05, 4.69) is 51.5 Å². The molecule has 0 aromatic rings. The van der Waals surface area contributed by atoms with Gasteiger partial charge in [0.25, 0.3) is 0 Å².